The Bertz CT molecular complexity index is 1150. The number of nitrogens with one attached hydrogen (secondary N) is 1. The number of carbonyl (C=O) groups is 4. The van der Waals surface area contributed by atoms with Crippen LogP contribution in [0.2, 0.25) is 0 Å². The minimum Gasteiger partial charge on any atom is -0.452 e. The third-order valence-electron chi connectivity index (χ3n) is 7.06. The van der Waals surface area contributed by atoms with Crippen LogP contribution in [0, 0.1) is 30.6 Å². The third-order valence-corrected chi connectivity index (χ3v) is 7.56. The molecule has 2 saturated carbocycles. The molecule has 2 aromatic rings. The van der Waals surface area contributed by atoms with Crippen molar-refractivity contribution in [2.45, 2.75) is 26.2 Å². The number of hydrogen-bond acceptors (Lipinski definition) is 5. The standard InChI is InChI=1S/C25H23BrN2O5/c1-13-9-17(26)7-8-19(13)27-20(29)12-33-25(32)16-3-2-4-18(11-16)28-23(30)21-14-5-6-15(10-14)22(21)24(28)31/h2-4,7-9,11,14-15,21-22H,5-6,10,12H2,1H3,(H,27,29)/t14-,15-,21-,22+/m0/s1. The maximum absolute atomic E-state index is 13.0. The van der Waals surface area contributed by atoms with Crippen molar-refractivity contribution in [2.24, 2.45) is 23.7 Å². The molecule has 5 rings (SSSR count). The second-order valence-electron chi connectivity index (χ2n) is 9.03. The lowest BCUT2D eigenvalue weighted by atomic mass is 9.81. The van der Waals surface area contributed by atoms with Gasteiger partial charge in [-0.1, -0.05) is 22.0 Å². The van der Waals surface area contributed by atoms with Crippen LogP contribution in [0.1, 0.15) is 35.2 Å². The summed E-state index contributed by atoms with van der Waals surface area (Å²) in [7, 11) is 0. The molecule has 1 saturated heterocycles. The molecule has 0 spiro atoms. The molecule has 8 heteroatoms. The van der Waals surface area contributed by atoms with Crippen LogP contribution in [0.15, 0.2) is 46.9 Å². The van der Waals surface area contributed by atoms with Crippen LogP contribution >= 0.6 is 15.9 Å². The predicted octanol–water partition coefficient (Wildman–Crippen LogP) is 4.09. The maximum Gasteiger partial charge on any atom is 0.338 e. The van der Waals surface area contributed by atoms with E-state index in [2.05, 4.69) is 21.2 Å². The Morgan fingerprint density at radius 3 is 2.42 bits per heavy atom. The number of amides is 3. The van der Waals surface area contributed by atoms with E-state index < -0.39 is 18.5 Å². The van der Waals surface area contributed by atoms with Crippen molar-refractivity contribution in [1.82, 2.24) is 0 Å². The van der Waals surface area contributed by atoms with Crippen molar-refractivity contribution in [3.05, 3.63) is 58.1 Å². The molecule has 2 aliphatic carbocycles. The van der Waals surface area contributed by atoms with Crippen LogP contribution in [0.5, 0.6) is 0 Å². The van der Waals surface area contributed by atoms with Gasteiger partial charge in [0.25, 0.3) is 5.91 Å². The van der Waals surface area contributed by atoms with E-state index in [9.17, 15) is 19.2 Å². The fourth-order valence-electron chi connectivity index (χ4n) is 5.60. The Morgan fingerprint density at radius 1 is 1.06 bits per heavy atom. The molecular formula is C25H23BrN2O5. The number of ether oxygens (including phenoxy) is 1. The summed E-state index contributed by atoms with van der Waals surface area (Å²) in [6, 6.07) is 11.7. The highest BCUT2D eigenvalue weighted by Crippen LogP contribution is 2.56. The van der Waals surface area contributed by atoms with E-state index >= 15 is 0 Å². The van der Waals surface area contributed by atoms with E-state index in [1.807, 2.05) is 13.0 Å². The average molecular weight is 511 g/mol. The first-order valence-corrected chi connectivity index (χ1v) is 11.8. The highest BCUT2D eigenvalue weighted by Gasteiger charge is 2.61. The molecule has 7 nitrogen and oxygen atoms in total. The number of benzene rings is 2. The Balaban J connectivity index is 1.25. The molecule has 3 aliphatic rings. The van der Waals surface area contributed by atoms with Gasteiger partial charge in [0.05, 0.1) is 23.1 Å². The highest BCUT2D eigenvalue weighted by atomic mass is 79.9. The zero-order valence-corrected chi connectivity index (χ0v) is 19.6. The van der Waals surface area contributed by atoms with Gasteiger partial charge in [-0.25, -0.2) is 4.79 Å². The Labute approximate surface area is 199 Å². The van der Waals surface area contributed by atoms with E-state index in [4.69, 9.17) is 4.74 Å². The Morgan fingerprint density at radius 2 is 1.76 bits per heavy atom. The summed E-state index contributed by atoms with van der Waals surface area (Å²) in [6.45, 7) is 1.41. The first kappa shape index (κ1) is 21.8. The van der Waals surface area contributed by atoms with Crippen LogP contribution in [-0.4, -0.2) is 30.3 Å². The van der Waals surface area contributed by atoms with E-state index in [0.29, 0.717) is 23.2 Å². The smallest absolute Gasteiger partial charge is 0.338 e. The number of esters is 1. The molecule has 1 aliphatic heterocycles. The summed E-state index contributed by atoms with van der Waals surface area (Å²) in [6.07, 6.45) is 2.98. The fraction of sp³-hybridized carbons (Fsp3) is 0.360. The molecule has 2 aromatic carbocycles. The van der Waals surface area contributed by atoms with Crippen molar-refractivity contribution in [3.8, 4) is 0 Å². The molecule has 33 heavy (non-hydrogen) atoms. The number of hydrogen-bond donors (Lipinski definition) is 1. The summed E-state index contributed by atoms with van der Waals surface area (Å²) in [4.78, 5) is 52.1. The summed E-state index contributed by atoms with van der Waals surface area (Å²) < 4.78 is 6.07. The van der Waals surface area contributed by atoms with Gasteiger partial charge in [0.1, 0.15) is 0 Å². The van der Waals surface area contributed by atoms with Crippen molar-refractivity contribution < 1.29 is 23.9 Å². The van der Waals surface area contributed by atoms with Crippen LogP contribution in [0.25, 0.3) is 0 Å². The number of rotatable bonds is 5. The SMILES string of the molecule is Cc1cc(Br)ccc1NC(=O)COC(=O)c1cccc(N2C(=O)[C@@H]3[C@H]4CC[C@@H](C4)[C@@H]3C2=O)c1. The van der Waals surface area contributed by atoms with E-state index in [-0.39, 0.29) is 29.2 Å². The topological polar surface area (TPSA) is 92.8 Å². The lowest BCUT2D eigenvalue weighted by Gasteiger charge is -2.19. The molecule has 0 radical (unpaired) electrons. The van der Waals surface area contributed by atoms with Crippen molar-refractivity contribution in [3.63, 3.8) is 0 Å². The van der Waals surface area contributed by atoms with E-state index in [1.165, 1.54) is 17.0 Å². The number of anilines is 2. The van der Waals surface area contributed by atoms with E-state index in [0.717, 1.165) is 29.3 Å². The molecule has 0 unspecified atom stereocenters. The minimum absolute atomic E-state index is 0.160. The average Bonchev–Trinajstić information content (AvgIpc) is 3.48. The third kappa shape index (κ3) is 3.86. The van der Waals surface area contributed by atoms with Crippen LogP contribution in [0.4, 0.5) is 11.4 Å². The van der Waals surface area contributed by atoms with Gasteiger partial charge in [-0.3, -0.25) is 19.3 Å². The summed E-state index contributed by atoms with van der Waals surface area (Å²) in [5.74, 6) is -1.34. The molecule has 1 N–H and O–H groups in total. The summed E-state index contributed by atoms with van der Waals surface area (Å²) in [5, 5.41) is 2.71. The lowest BCUT2D eigenvalue weighted by Crippen LogP contribution is -2.32. The molecule has 4 atom stereocenters. The monoisotopic (exact) mass is 510 g/mol. The second-order valence-corrected chi connectivity index (χ2v) is 9.95. The number of fused-ring (bicyclic) bond motifs is 5. The largest absolute Gasteiger partial charge is 0.452 e. The maximum atomic E-state index is 13.0. The molecule has 170 valence electrons. The fourth-order valence-corrected chi connectivity index (χ4v) is 6.08. The van der Waals surface area contributed by atoms with Gasteiger partial charge in [0.2, 0.25) is 11.8 Å². The second kappa shape index (κ2) is 8.41. The molecule has 3 amide bonds. The zero-order valence-electron chi connectivity index (χ0n) is 18.0. The quantitative estimate of drug-likeness (QED) is 0.483. The van der Waals surface area contributed by atoms with Crippen LogP contribution in [-0.2, 0) is 19.1 Å². The number of aryl methyl sites for hydroxylation is 1. The van der Waals surface area contributed by atoms with Crippen molar-refractivity contribution >= 4 is 51.0 Å². The summed E-state index contributed by atoms with van der Waals surface area (Å²) >= 11 is 3.37. The number of carbonyl (C=O) groups excluding carboxylic acids is 4. The molecule has 2 bridgehead atoms. The Hall–Kier alpha value is -3.00. The van der Waals surface area contributed by atoms with Crippen LogP contribution in [0.3, 0.4) is 0 Å². The van der Waals surface area contributed by atoms with Crippen molar-refractivity contribution in [2.75, 3.05) is 16.8 Å². The minimum atomic E-state index is -0.695. The molecular weight excluding hydrogens is 488 g/mol. The molecule has 3 fully saturated rings. The summed E-state index contributed by atoms with van der Waals surface area (Å²) in [5.41, 5.74) is 2.06. The predicted molar refractivity (Wildman–Crippen MR) is 125 cm³/mol. The van der Waals surface area contributed by atoms with Gasteiger partial charge in [0, 0.05) is 10.2 Å². The van der Waals surface area contributed by atoms with Gasteiger partial charge >= 0.3 is 5.97 Å². The molecule has 1 heterocycles. The lowest BCUT2D eigenvalue weighted by molar-refractivity contribution is -0.123. The highest BCUT2D eigenvalue weighted by molar-refractivity contribution is 9.10. The first-order chi connectivity index (χ1) is 15.8. The van der Waals surface area contributed by atoms with E-state index in [1.54, 1.807) is 24.3 Å². The molecule has 0 aromatic heterocycles. The van der Waals surface area contributed by atoms with Gasteiger partial charge in [0.15, 0.2) is 6.61 Å². The van der Waals surface area contributed by atoms with Crippen LogP contribution < -0.4 is 10.2 Å². The van der Waals surface area contributed by atoms with Gasteiger partial charge in [-0.15, -0.1) is 0 Å². The number of imide groups is 1. The van der Waals surface area contributed by atoms with Crippen molar-refractivity contribution in [1.29, 1.82) is 0 Å². The zero-order chi connectivity index (χ0) is 23.3. The van der Waals surface area contributed by atoms with Gasteiger partial charge in [-0.05, 0) is 80.0 Å². The van der Waals surface area contributed by atoms with Gasteiger partial charge in [-0.2, -0.15) is 0 Å². The normalized spacial score (nSPS) is 25.3. The van der Waals surface area contributed by atoms with Gasteiger partial charge < -0.3 is 10.1 Å². The number of nitrogens with zero attached hydrogens (tertiary/aromatic N) is 1. The number of halogens is 1. The Kier molecular flexibility index (Phi) is 5.56. The first-order valence-electron chi connectivity index (χ1n) is 11.0.